The van der Waals surface area contributed by atoms with Crippen molar-refractivity contribution in [2.75, 3.05) is 13.2 Å². The van der Waals surface area contributed by atoms with E-state index in [2.05, 4.69) is 10.1 Å². The standard InChI is InChI=1S/C19H19NO6/c1-2-25-18(23)16-11-15(22)17(19(24)26-16)14(21)9-6-10-20-12-13-7-4-3-5-8-13/h3-9,11,20,22H,2,10,12H2,1H3. The first-order valence-corrected chi connectivity index (χ1v) is 8.02. The van der Waals surface area contributed by atoms with Gasteiger partial charge in [0.1, 0.15) is 11.3 Å². The number of ketones is 1. The fourth-order valence-corrected chi connectivity index (χ4v) is 2.16. The highest BCUT2D eigenvalue weighted by atomic mass is 16.5. The third-order valence-electron chi connectivity index (χ3n) is 3.36. The first kappa shape index (κ1) is 19.1. The van der Waals surface area contributed by atoms with E-state index in [4.69, 9.17) is 4.42 Å². The molecule has 136 valence electrons. The SMILES string of the molecule is CCOC(=O)c1cc(O)c(C(=O)C=CCNCc2ccccc2)c(=O)o1. The third-order valence-corrected chi connectivity index (χ3v) is 3.36. The summed E-state index contributed by atoms with van der Waals surface area (Å²) in [5, 5.41) is 13.0. The van der Waals surface area contributed by atoms with Crippen LogP contribution >= 0.6 is 0 Å². The average Bonchev–Trinajstić information content (AvgIpc) is 2.62. The summed E-state index contributed by atoms with van der Waals surface area (Å²) in [6.07, 6.45) is 2.69. The van der Waals surface area contributed by atoms with Crippen LogP contribution in [0.5, 0.6) is 5.75 Å². The number of benzene rings is 1. The number of nitrogens with one attached hydrogen (secondary N) is 1. The Balaban J connectivity index is 1.98. The van der Waals surface area contributed by atoms with E-state index in [9.17, 15) is 19.5 Å². The molecule has 1 aromatic heterocycles. The van der Waals surface area contributed by atoms with Gasteiger partial charge < -0.3 is 19.6 Å². The van der Waals surface area contributed by atoms with Crippen LogP contribution in [-0.2, 0) is 11.3 Å². The van der Waals surface area contributed by atoms with Gasteiger partial charge in [-0.15, -0.1) is 0 Å². The van der Waals surface area contributed by atoms with Gasteiger partial charge in [0.05, 0.1) is 6.61 Å². The van der Waals surface area contributed by atoms with Crippen LogP contribution in [0.1, 0.15) is 33.4 Å². The molecule has 0 aliphatic heterocycles. The highest BCUT2D eigenvalue weighted by Crippen LogP contribution is 2.16. The second-order valence-corrected chi connectivity index (χ2v) is 5.26. The van der Waals surface area contributed by atoms with Crippen molar-refractivity contribution in [1.82, 2.24) is 5.32 Å². The molecule has 0 aliphatic carbocycles. The van der Waals surface area contributed by atoms with E-state index in [1.807, 2.05) is 30.3 Å². The van der Waals surface area contributed by atoms with Gasteiger partial charge in [0, 0.05) is 19.2 Å². The van der Waals surface area contributed by atoms with Gasteiger partial charge in [0.2, 0.25) is 5.76 Å². The fraction of sp³-hybridized carbons (Fsp3) is 0.211. The van der Waals surface area contributed by atoms with Crippen LogP contribution < -0.4 is 10.9 Å². The predicted octanol–water partition coefficient (Wildman–Crippen LogP) is 2.05. The van der Waals surface area contributed by atoms with E-state index in [0.717, 1.165) is 17.7 Å². The van der Waals surface area contributed by atoms with Crippen molar-refractivity contribution in [2.24, 2.45) is 0 Å². The maximum absolute atomic E-state index is 12.1. The van der Waals surface area contributed by atoms with Crippen molar-refractivity contribution in [2.45, 2.75) is 13.5 Å². The number of rotatable bonds is 8. The molecule has 0 radical (unpaired) electrons. The van der Waals surface area contributed by atoms with Gasteiger partial charge in [-0.3, -0.25) is 4.79 Å². The van der Waals surface area contributed by atoms with Gasteiger partial charge >= 0.3 is 11.6 Å². The molecule has 1 heterocycles. The Morgan fingerprint density at radius 1 is 1.27 bits per heavy atom. The topological polar surface area (TPSA) is 106 Å². The van der Waals surface area contributed by atoms with Crippen LogP contribution in [0.15, 0.2) is 57.8 Å². The van der Waals surface area contributed by atoms with E-state index in [1.54, 1.807) is 6.92 Å². The molecule has 0 aliphatic rings. The number of ether oxygens (including phenoxy) is 1. The Hall–Kier alpha value is -3.19. The molecule has 7 nitrogen and oxygen atoms in total. The number of carbonyl (C=O) groups excluding carboxylic acids is 2. The minimum Gasteiger partial charge on any atom is -0.507 e. The lowest BCUT2D eigenvalue weighted by atomic mass is 10.1. The maximum atomic E-state index is 12.1. The molecule has 2 N–H and O–H groups in total. The zero-order valence-corrected chi connectivity index (χ0v) is 14.2. The minimum absolute atomic E-state index is 0.0860. The quantitative estimate of drug-likeness (QED) is 0.322. The highest BCUT2D eigenvalue weighted by molar-refractivity contribution is 6.06. The van der Waals surface area contributed by atoms with Gasteiger partial charge in [-0.05, 0) is 18.6 Å². The second kappa shape index (κ2) is 9.33. The lowest BCUT2D eigenvalue weighted by Gasteiger charge is -2.03. The minimum atomic E-state index is -1.10. The summed E-state index contributed by atoms with van der Waals surface area (Å²) in [5.41, 5.74) is -0.530. The molecular weight excluding hydrogens is 338 g/mol. The zero-order valence-electron chi connectivity index (χ0n) is 14.2. The molecular formula is C19H19NO6. The van der Waals surface area contributed by atoms with Crippen LogP contribution in [0.3, 0.4) is 0 Å². The summed E-state index contributed by atoms with van der Waals surface area (Å²) >= 11 is 0. The Morgan fingerprint density at radius 2 is 2.00 bits per heavy atom. The third kappa shape index (κ3) is 5.15. The average molecular weight is 357 g/mol. The summed E-state index contributed by atoms with van der Waals surface area (Å²) in [6.45, 7) is 2.70. The highest BCUT2D eigenvalue weighted by Gasteiger charge is 2.20. The van der Waals surface area contributed by atoms with Crippen LogP contribution in [0.4, 0.5) is 0 Å². The number of allylic oxidation sites excluding steroid dienone is 1. The number of carbonyl (C=O) groups is 2. The summed E-state index contributed by atoms with van der Waals surface area (Å²) in [5.74, 6) is -2.69. The Bertz CT molecular complexity index is 854. The maximum Gasteiger partial charge on any atom is 0.374 e. The molecule has 0 spiro atoms. The van der Waals surface area contributed by atoms with Gasteiger partial charge in [0.25, 0.3) is 0 Å². The van der Waals surface area contributed by atoms with E-state index in [-0.39, 0.29) is 6.61 Å². The summed E-state index contributed by atoms with van der Waals surface area (Å²) in [6, 6.07) is 10.6. The molecule has 0 unspecified atom stereocenters. The van der Waals surface area contributed by atoms with Crippen LogP contribution in [0.2, 0.25) is 0 Å². The van der Waals surface area contributed by atoms with E-state index < -0.39 is 34.5 Å². The molecule has 0 fully saturated rings. The van der Waals surface area contributed by atoms with E-state index in [1.165, 1.54) is 6.08 Å². The van der Waals surface area contributed by atoms with Gasteiger partial charge in [0.15, 0.2) is 5.78 Å². The smallest absolute Gasteiger partial charge is 0.374 e. The largest absolute Gasteiger partial charge is 0.507 e. The molecule has 0 amide bonds. The summed E-state index contributed by atoms with van der Waals surface area (Å²) in [4.78, 5) is 35.5. The summed E-state index contributed by atoms with van der Waals surface area (Å²) < 4.78 is 9.43. The molecule has 0 bridgehead atoms. The molecule has 1 aromatic carbocycles. The first-order chi connectivity index (χ1) is 12.5. The van der Waals surface area contributed by atoms with Crippen molar-refractivity contribution in [3.05, 3.63) is 75.9 Å². The van der Waals surface area contributed by atoms with Crippen molar-refractivity contribution < 1.29 is 23.8 Å². The molecule has 7 heteroatoms. The van der Waals surface area contributed by atoms with Crippen LogP contribution in [-0.4, -0.2) is 30.0 Å². The lowest BCUT2D eigenvalue weighted by molar-refractivity contribution is 0.0482. The van der Waals surface area contributed by atoms with Gasteiger partial charge in [-0.25, -0.2) is 9.59 Å². The van der Waals surface area contributed by atoms with E-state index in [0.29, 0.717) is 13.1 Å². The number of esters is 1. The molecule has 2 rings (SSSR count). The van der Waals surface area contributed by atoms with Crippen molar-refractivity contribution in [3.63, 3.8) is 0 Å². The monoisotopic (exact) mass is 357 g/mol. The number of aromatic hydroxyl groups is 1. The zero-order chi connectivity index (χ0) is 18.9. The lowest BCUT2D eigenvalue weighted by Crippen LogP contribution is -2.17. The summed E-state index contributed by atoms with van der Waals surface area (Å²) in [7, 11) is 0. The molecule has 0 saturated heterocycles. The van der Waals surface area contributed by atoms with Crippen LogP contribution in [0, 0.1) is 0 Å². The van der Waals surface area contributed by atoms with Gasteiger partial charge in [-0.2, -0.15) is 0 Å². The molecule has 2 aromatic rings. The predicted molar refractivity (Wildman–Crippen MR) is 94.2 cm³/mol. The molecule has 0 atom stereocenters. The Labute approximate surface area is 149 Å². The fourth-order valence-electron chi connectivity index (χ4n) is 2.16. The second-order valence-electron chi connectivity index (χ2n) is 5.26. The van der Waals surface area contributed by atoms with Crippen LogP contribution in [0.25, 0.3) is 0 Å². The van der Waals surface area contributed by atoms with Gasteiger partial charge in [-0.1, -0.05) is 36.4 Å². The van der Waals surface area contributed by atoms with Crippen molar-refractivity contribution in [1.29, 1.82) is 0 Å². The van der Waals surface area contributed by atoms with Crippen molar-refractivity contribution >= 4 is 11.8 Å². The Kier molecular flexibility index (Phi) is 6.87. The Morgan fingerprint density at radius 3 is 2.65 bits per heavy atom. The van der Waals surface area contributed by atoms with E-state index >= 15 is 0 Å². The number of hydrogen-bond donors (Lipinski definition) is 2. The normalized spacial score (nSPS) is 10.8. The molecule has 26 heavy (non-hydrogen) atoms. The number of hydrogen-bond acceptors (Lipinski definition) is 7. The first-order valence-electron chi connectivity index (χ1n) is 8.02. The van der Waals surface area contributed by atoms with Crippen molar-refractivity contribution in [3.8, 4) is 5.75 Å². The molecule has 0 saturated carbocycles.